The molecule has 1 aliphatic carbocycles. The number of nitrogens with one attached hydrogen (secondary N) is 1. The van der Waals surface area contributed by atoms with Crippen LogP contribution in [0.15, 0.2) is 12.1 Å². The van der Waals surface area contributed by atoms with E-state index in [1.807, 2.05) is 0 Å². The van der Waals surface area contributed by atoms with E-state index in [1.54, 1.807) is 12.1 Å². The van der Waals surface area contributed by atoms with Crippen molar-refractivity contribution in [3.05, 3.63) is 32.8 Å². The van der Waals surface area contributed by atoms with Crippen LogP contribution in [-0.2, 0) is 6.54 Å². The minimum Gasteiger partial charge on any atom is -0.311 e. The molecule has 1 aromatic carbocycles. The molecule has 0 unspecified atom stereocenters. The molecule has 20 heavy (non-hydrogen) atoms. The number of benzene rings is 1. The molecule has 0 saturated heterocycles. The Morgan fingerprint density at radius 3 is 2.50 bits per heavy atom. The van der Waals surface area contributed by atoms with Crippen LogP contribution in [0.2, 0.25) is 15.1 Å². The van der Waals surface area contributed by atoms with Gasteiger partial charge in [-0.2, -0.15) is 0 Å². The lowest BCUT2D eigenvalue weighted by atomic mass is 10.2. The lowest BCUT2D eigenvalue weighted by Crippen LogP contribution is -2.35. The molecule has 1 saturated carbocycles. The number of likely N-dealkylation sites (N-methyl/N-ethyl adjacent to an activating group) is 1. The van der Waals surface area contributed by atoms with Gasteiger partial charge in [-0.1, -0.05) is 47.6 Å². The zero-order chi connectivity index (χ0) is 14.5. The van der Waals surface area contributed by atoms with Crippen LogP contribution in [0.25, 0.3) is 0 Å². The van der Waals surface area contributed by atoms with Crippen molar-refractivity contribution in [2.24, 2.45) is 0 Å². The second kappa shape index (κ2) is 7.86. The third-order valence-electron chi connectivity index (χ3n) is 4.03. The van der Waals surface area contributed by atoms with E-state index in [0.717, 1.165) is 24.7 Å². The maximum atomic E-state index is 6.18. The van der Waals surface area contributed by atoms with Crippen LogP contribution in [0, 0.1) is 0 Å². The van der Waals surface area contributed by atoms with Crippen LogP contribution in [0.1, 0.15) is 31.2 Å². The molecule has 0 radical (unpaired) electrons. The van der Waals surface area contributed by atoms with Gasteiger partial charge in [-0.25, -0.2) is 0 Å². The van der Waals surface area contributed by atoms with Crippen molar-refractivity contribution < 1.29 is 0 Å². The van der Waals surface area contributed by atoms with Gasteiger partial charge in [0.15, 0.2) is 0 Å². The average Bonchev–Trinajstić information content (AvgIpc) is 2.96. The second-order valence-corrected chi connectivity index (χ2v) is 6.61. The van der Waals surface area contributed by atoms with Crippen molar-refractivity contribution >= 4 is 34.8 Å². The highest BCUT2D eigenvalue weighted by Crippen LogP contribution is 2.31. The summed E-state index contributed by atoms with van der Waals surface area (Å²) in [4.78, 5) is 2.45. The third-order valence-corrected chi connectivity index (χ3v) is 5.23. The van der Waals surface area contributed by atoms with Gasteiger partial charge in [0, 0.05) is 36.3 Å². The Bertz CT molecular complexity index is 445. The van der Waals surface area contributed by atoms with Gasteiger partial charge in [-0.15, -0.1) is 0 Å². The van der Waals surface area contributed by atoms with Gasteiger partial charge in [-0.05, 0) is 32.0 Å². The summed E-state index contributed by atoms with van der Waals surface area (Å²) in [5.74, 6) is 0. The molecule has 1 N–H and O–H groups in total. The van der Waals surface area contributed by atoms with Crippen LogP contribution in [-0.4, -0.2) is 31.1 Å². The topological polar surface area (TPSA) is 15.3 Å². The van der Waals surface area contributed by atoms with Crippen molar-refractivity contribution in [3.63, 3.8) is 0 Å². The van der Waals surface area contributed by atoms with Crippen molar-refractivity contribution in [1.82, 2.24) is 10.2 Å². The third kappa shape index (κ3) is 4.25. The summed E-state index contributed by atoms with van der Waals surface area (Å²) in [5, 5.41) is 5.16. The standard InChI is InChI=1S/C15H21Cl3N2/c1-20(11-4-2-3-5-11)9-8-19-10-12-13(16)6-7-14(17)15(12)18/h6-7,11,19H,2-5,8-10H2,1H3. The Labute approximate surface area is 136 Å². The fourth-order valence-electron chi connectivity index (χ4n) is 2.73. The molecule has 5 heteroatoms. The van der Waals surface area contributed by atoms with E-state index in [0.29, 0.717) is 21.6 Å². The summed E-state index contributed by atoms with van der Waals surface area (Å²) < 4.78 is 0. The number of halogens is 3. The van der Waals surface area contributed by atoms with E-state index < -0.39 is 0 Å². The SMILES string of the molecule is CN(CCNCc1c(Cl)ccc(Cl)c1Cl)C1CCCC1. The lowest BCUT2D eigenvalue weighted by Gasteiger charge is -2.24. The Hall–Kier alpha value is 0.01000. The summed E-state index contributed by atoms with van der Waals surface area (Å²) in [7, 11) is 2.21. The van der Waals surface area contributed by atoms with Crippen molar-refractivity contribution in [3.8, 4) is 0 Å². The zero-order valence-corrected chi connectivity index (χ0v) is 14.0. The fourth-order valence-corrected chi connectivity index (χ4v) is 3.41. The van der Waals surface area contributed by atoms with Gasteiger partial charge in [0.05, 0.1) is 10.0 Å². The van der Waals surface area contributed by atoms with Crippen molar-refractivity contribution in [1.29, 1.82) is 0 Å². The molecule has 0 atom stereocenters. The maximum absolute atomic E-state index is 6.18. The largest absolute Gasteiger partial charge is 0.311 e. The van der Waals surface area contributed by atoms with Crippen molar-refractivity contribution in [2.45, 2.75) is 38.3 Å². The smallest absolute Gasteiger partial charge is 0.0652 e. The van der Waals surface area contributed by atoms with Gasteiger partial charge in [-0.3, -0.25) is 0 Å². The predicted molar refractivity (Wildman–Crippen MR) is 88.1 cm³/mol. The molecule has 2 nitrogen and oxygen atoms in total. The van der Waals surface area contributed by atoms with Gasteiger partial charge in [0.1, 0.15) is 0 Å². The first kappa shape index (κ1) is 16.4. The van der Waals surface area contributed by atoms with Crippen LogP contribution in [0.5, 0.6) is 0 Å². The summed E-state index contributed by atoms with van der Waals surface area (Å²) >= 11 is 18.3. The zero-order valence-electron chi connectivity index (χ0n) is 11.8. The number of nitrogens with zero attached hydrogens (tertiary/aromatic N) is 1. The van der Waals surface area contributed by atoms with Gasteiger partial charge in [0.2, 0.25) is 0 Å². The number of hydrogen-bond acceptors (Lipinski definition) is 2. The molecule has 0 aliphatic heterocycles. The highest BCUT2D eigenvalue weighted by atomic mass is 35.5. The first-order valence-corrected chi connectivity index (χ1v) is 8.26. The van der Waals surface area contributed by atoms with Crippen LogP contribution < -0.4 is 5.32 Å². The molecule has 0 heterocycles. The Morgan fingerprint density at radius 1 is 1.15 bits per heavy atom. The predicted octanol–water partition coefficient (Wildman–Crippen LogP) is 4.61. The molecule has 0 aromatic heterocycles. The normalized spacial score (nSPS) is 16.2. The summed E-state index contributed by atoms with van der Waals surface area (Å²) in [5.41, 5.74) is 0.879. The molecular formula is C15H21Cl3N2. The average molecular weight is 336 g/mol. The highest BCUT2D eigenvalue weighted by molar-refractivity contribution is 6.44. The molecular weight excluding hydrogens is 315 g/mol. The molecule has 1 fully saturated rings. The Kier molecular flexibility index (Phi) is 6.44. The van der Waals surface area contributed by atoms with E-state index >= 15 is 0 Å². The van der Waals surface area contributed by atoms with Gasteiger partial charge >= 0.3 is 0 Å². The summed E-state index contributed by atoms with van der Waals surface area (Å²) in [6.45, 7) is 2.61. The lowest BCUT2D eigenvalue weighted by molar-refractivity contribution is 0.245. The van der Waals surface area contributed by atoms with E-state index in [4.69, 9.17) is 34.8 Å². The highest BCUT2D eigenvalue weighted by Gasteiger charge is 2.18. The van der Waals surface area contributed by atoms with Crippen LogP contribution in [0.4, 0.5) is 0 Å². The Morgan fingerprint density at radius 2 is 1.80 bits per heavy atom. The van der Waals surface area contributed by atoms with Gasteiger partial charge in [0.25, 0.3) is 0 Å². The van der Waals surface area contributed by atoms with E-state index in [1.165, 1.54) is 25.7 Å². The van der Waals surface area contributed by atoms with E-state index in [9.17, 15) is 0 Å². The van der Waals surface area contributed by atoms with E-state index in [-0.39, 0.29) is 0 Å². The van der Waals surface area contributed by atoms with Crippen LogP contribution in [0.3, 0.4) is 0 Å². The fraction of sp³-hybridized carbons (Fsp3) is 0.600. The minimum atomic E-state index is 0.552. The molecule has 112 valence electrons. The van der Waals surface area contributed by atoms with Crippen molar-refractivity contribution in [2.75, 3.05) is 20.1 Å². The van der Waals surface area contributed by atoms with Crippen LogP contribution >= 0.6 is 34.8 Å². The maximum Gasteiger partial charge on any atom is 0.0652 e. The quantitative estimate of drug-likeness (QED) is 0.603. The number of rotatable bonds is 6. The number of hydrogen-bond donors (Lipinski definition) is 1. The second-order valence-electron chi connectivity index (χ2n) is 5.42. The molecule has 0 spiro atoms. The summed E-state index contributed by atoms with van der Waals surface area (Å²) in [6.07, 6.45) is 5.41. The first-order chi connectivity index (χ1) is 9.59. The Balaban J connectivity index is 1.77. The monoisotopic (exact) mass is 334 g/mol. The first-order valence-electron chi connectivity index (χ1n) is 7.13. The molecule has 0 amide bonds. The molecule has 1 aliphatic rings. The van der Waals surface area contributed by atoms with Gasteiger partial charge < -0.3 is 10.2 Å². The summed E-state index contributed by atoms with van der Waals surface area (Å²) in [6, 6.07) is 4.27. The minimum absolute atomic E-state index is 0.552. The molecule has 0 bridgehead atoms. The molecule has 1 aromatic rings. The van der Waals surface area contributed by atoms with E-state index in [2.05, 4.69) is 17.3 Å². The molecule has 2 rings (SSSR count).